The lowest BCUT2D eigenvalue weighted by Gasteiger charge is -2.29. The quantitative estimate of drug-likeness (QED) is 0.656. The van der Waals surface area contributed by atoms with Crippen molar-refractivity contribution in [2.45, 2.75) is 32.6 Å². The van der Waals surface area contributed by atoms with Crippen LogP contribution in [0.3, 0.4) is 0 Å². The summed E-state index contributed by atoms with van der Waals surface area (Å²) in [5.41, 5.74) is 8.35. The van der Waals surface area contributed by atoms with Crippen molar-refractivity contribution in [3.8, 4) is 0 Å². The Kier molecular flexibility index (Phi) is 5.72. The number of pyridine rings is 1. The first-order valence-electron chi connectivity index (χ1n) is 10.1. The zero-order valence-electron chi connectivity index (χ0n) is 16.7. The van der Waals surface area contributed by atoms with E-state index < -0.39 is 0 Å². The first-order valence-corrected chi connectivity index (χ1v) is 10.5. The number of rotatable bonds is 2. The molecule has 0 unspecified atom stereocenters. The maximum Gasteiger partial charge on any atom is 0.409 e. The second-order valence-corrected chi connectivity index (χ2v) is 7.88. The topological polar surface area (TPSA) is 42.4 Å². The number of aryl methyl sites for hydroxylation is 2. The fourth-order valence-corrected chi connectivity index (χ4v) is 4.44. The van der Waals surface area contributed by atoms with Crippen molar-refractivity contribution < 1.29 is 9.53 Å². The highest BCUT2D eigenvalue weighted by atomic mass is 35.5. The van der Waals surface area contributed by atoms with Gasteiger partial charge >= 0.3 is 6.09 Å². The van der Waals surface area contributed by atoms with Gasteiger partial charge in [-0.15, -0.1) is 0 Å². The largest absolute Gasteiger partial charge is 0.450 e. The summed E-state index contributed by atoms with van der Waals surface area (Å²) in [6.45, 7) is 7.46. The second kappa shape index (κ2) is 8.42. The fourth-order valence-electron chi connectivity index (χ4n) is 4.25. The molecule has 4 nitrogen and oxygen atoms in total. The summed E-state index contributed by atoms with van der Waals surface area (Å²) in [6.07, 6.45) is 6.99. The lowest BCUT2D eigenvalue weighted by atomic mass is 9.88. The van der Waals surface area contributed by atoms with E-state index in [1.807, 2.05) is 25.3 Å². The van der Waals surface area contributed by atoms with E-state index in [1.54, 1.807) is 4.90 Å². The molecular formula is C24H25ClN2O2. The van der Waals surface area contributed by atoms with Gasteiger partial charge in [-0.1, -0.05) is 35.9 Å². The van der Waals surface area contributed by atoms with E-state index in [4.69, 9.17) is 21.3 Å². The monoisotopic (exact) mass is 408 g/mol. The molecule has 0 atom stereocenters. The molecule has 0 spiro atoms. The Labute approximate surface area is 176 Å². The van der Waals surface area contributed by atoms with Crippen molar-refractivity contribution >= 4 is 29.3 Å². The highest BCUT2D eigenvalue weighted by molar-refractivity contribution is 6.30. The average molecular weight is 409 g/mol. The second-order valence-electron chi connectivity index (χ2n) is 7.45. The van der Waals surface area contributed by atoms with E-state index in [9.17, 15) is 4.79 Å². The molecule has 2 aromatic rings. The molecule has 0 saturated carbocycles. The van der Waals surface area contributed by atoms with Gasteiger partial charge in [0.25, 0.3) is 0 Å². The first-order chi connectivity index (χ1) is 14.1. The Morgan fingerprint density at radius 1 is 1.21 bits per heavy atom. The number of carbonyl (C=O) groups excluding carboxylic acids is 1. The third kappa shape index (κ3) is 3.95. The molecule has 29 heavy (non-hydrogen) atoms. The molecule has 0 N–H and O–H groups in total. The standard InChI is InChI=1S/C24H25ClN2O2/c1-3-16-13-19-6-5-18-14-20(25)7-8-21(18)22(23(19)26-15-16)17-9-11-27(12-10-17)24(28)29-4-2/h3,7-8,13-15H,1,4-6,9-12H2,2H3. The summed E-state index contributed by atoms with van der Waals surface area (Å²) in [6, 6.07) is 8.34. The number of amides is 1. The highest BCUT2D eigenvalue weighted by Crippen LogP contribution is 2.38. The van der Waals surface area contributed by atoms with Gasteiger partial charge in [0.2, 0.25) is 0 Å². The van der Waals surface area contributed by atoms with E-state index in [-0.39, 0.29) is 6.09 Å². The number of fused-ring (bicyclic) bond motifs is 2. The van der Waals surface area contributed by atoms with Gasteiger partial charge in [-0.25, -0.2) is 4.79 Å². The van der Waals surface area contributed by atoms with Gasteiger partial charge in [-0.3, -0.25) is 4.98 Å². The predicted molar refractivity (Wildman–Crippen MR) is 117 cm³/mol. The first kappa shape index (κ1) is 19.7. The summed E-state index contributed by atoms with van der Waals surface area (Å²) in [7, 11) is 0. The summed E-state index contributed by atoms with van der Waals surface area (Å²) in [5, 5.41) is 0.760. The molecule has 1 aromatic carbocycles. The third-order valence-corrected chi connectivity index (χ3v) is 5.94. The van der Waals surface area contributed by atoms with Gasteiger partial charge in [0.15, 0.2) is 0 Å². The summed E-state index contributed by atoms with van der Waals surface area (Å²) >= 11 is 6.30. The van der Waals surface area contributed by atoms with E-state index in [0.717, 1.165) is 42.0 Å². The number of nitrogens with zero attached hydrogens (tertiary/aromatic N) is 2. The maximum atomic E-state index is 12.1. The Morgan fingerprint density at radius 3 is 2.69 bits per heavy atom. The molecule has 2 aliphatic rings. The van der Waals surface area contributed by atoms with Gasteiger partial charge < -0.3 is 9.64 Å². The minimum Gasteiger partial charge on any atom is -0.450 e. The molecule has 1 aliphatic heterocycles. The average Bonchev–Trinajstić information content (AvgIpc) is 2.90. The van der Waals surface area contributed by atoms with Crippen molar-refractivity contribution in [2.75, 3.05) is 19.7 Å². The predicted octanol–water partition coefficient (Wildman–Crippen LogP) is 5.53. The zero-order chi connectivity index (χ0) is 20.4. The number of ether oxygens (including phenoxy) is 1. The van der Waals surface area contributed by atoms with Gasteiger partial charge in [-0.2, -0.15) is 0 Å². The molecule has 0 radical (unpaired) electrons. The van der Waals surface area contributed by atoms with Crippen molar-refractivity contribution in [1.82, 2.24) is 9.88 Å². The third-order valence-electron chi connectivity index (χ3n) is 5.71. The van der Waals surface area contributed by atoms with Crippen LogP contribution in [0.25, 0.3) is 11.6 Å². The summed E-state index contributed by atoms with van der Waals surface area (Å²) < 4.78 is 5.17. The minimum absolute atomic E-state index is 0.223. The van der Waals surface area contributed by atoms with Crippen molar-refractivity contribution in [1.29, 1.82) is 0 Å². The van der Waals surface area contributed by atoms with Crippen LogP contribution in [-0.2, 0) is 17.6 Å². The lowest BCUT2D eigenvalue weighted by molar-refractivity contribution is 0.104. The molecule has 4 rings (SSSR count). The molecular weight excluding hydrogens is 384 g/mol. The van der Waals surface area contributed by atoms with Crippen molar-refractivity contribution in [2.24, 2.45) is 0 Å². The van der Waals surface area contributed by atoms with E-state index >= 15 is 0 Å². The SMILES string of the molecule is C=Cc1cnc2c(c1)CCc1cc(Cl)ccc1C2=C1CCN(C(=O)OCC)CC1. The lowest BCUT2D eigenvalue weighted by Crippen LogP contribution is -2.37. The molecule has 5 heteroatoms. The molecule has 1 saturated heterocycles. The Morgan fingerprint density at radius 2 is 1.97 bits per heavy atom. The van der Waals surface area contributed by atoms with E-state index in [2.05, 4.69) is 24.8 Å². The van der Waals surface area contributed by atoms with E-state index in [1.165, 1.54) is 27.8 Å². The van der Waals surface area contributed by atoms with Crippen LogP contribution in [0.15, 0.2) is 42.6 Å². The number of piperidine rings is 1. The number of benzene rings is 1. The molecule has 1 aromatic heterocycles. The van der Waals surface area contributed by atoms with Gasteiger partial charge in [0.1, 0.15) is 0 Å². The number of hydrogen-bond acceptors (Lipinski definition) is 3. The van der Waals surface area contributed by atoms with Crippen LogP contribution >= 0.6 is 11.6 Å². The van der Waals surface area contributed by atoms with Crippen LogP contribution in [0.5, 0.6) is 0 Å². The van der Waals surface area contributed by atoms with Crippen molar-refractivity contribution in [3.63, 3.8) is 0 Å². The number of likely N-dealkylation sites (tertiary alicyclic amines) is 1. The van der Waals surface area contributed by atoms with Crippen LogP contribution in [0.1, 0.15) is 47.7 Å². The Balaban J connectivity index is 1.78. The number of aromatic nitrogens is 1. The molecule has 1 fully saturated rings. The van der Waals surface area contributed by atoms with Crippen LogP contribution in [0.2, 0.25) is 5.02 Å². The Hall–Kier alpha value is -2.59. The zero-order valence-corrected chi connectivity index (χ0v) is 17.5. The number of halogens is 1. The van der Waals surface area contributed by atoms with E-state index in [0.29, 0.717) is 19.7 Å². The molecule has 2 heterocycles. The van der Waals surface area contributed by atoms with Gasteiger partial charge in [-0.05, 0) is 73.1 Å². The van der Waals surface area contributed by atoms with Crippen molar-refractivity contribution in [3.05, 3.63) is 75.6 Å². The summed E-state index contributed by atoms with van der Waals surface area (Å²) in [5.74, 6) is 0. The summed E-state index contributed by atoms with van der Waals surface area (Å²) in [4.78, 5) is 18.7. The number of carbonyl (C=O) groups is 1. The molecule has 1 aliphatic carbocycles. The fraction of sp³-hybridized carbons (Fsp3) is 0.333. The molecule has 0 bridgehead atoms. The Bertz CT molecular complexity index is 986. The van der Waals surface area contributed by atoms with Crippen LogP contribution in [0, 0.1) is 0 Å². The van der Waals surface area contributed by atoms with Gasteiger partial charge in [0.05, 0.1) is 12.3 Å². The van der Waals surface area contributed by atoms with Crippen LogP contribution in [-0.4, -0.2) is 35.7 Å². The number of hydrogen-bond donors (Lipinski definition) is 0. The normalized spacial score (nSPS) is 16.0. The minimum atomic E-state index is -0.223. The molecule has 150 valence electrons. The van der Waals surface area contributed by atoms with Gasteiger partial charge in [0, 0.05) is 29.9 Å². The van der Waals surface area contributed by atoms with Crippen LogP contribution < -0.4 is 0 Å². The van der Waals surface area contributed by atoms with Crippen LogP contribution in [0.4, 0.5) is 4.79 Å². The smallest absolute Gasteiger partial charge is 0.409 e. The maximum absolute atomic E-state index is 12.1. The molecule has 1 amide bonds. The highest BCUT2D eigenvalue weighted by Gasteiger charge is 2.27.